The van der Waals surface area contributed by atoms with Crippen molar-refractivity contribution >= 4 is 22.5 Å². The Morgan fingerprint density at radius 2 is 2.04 bits per heavy atom. The number of halogens is 4. The molecule has 1 aromatic rings. The second-order valence-corrected chi connectivity index (χ2v) is 6.37. The van der Waals surface area contributed by atoms with E-state index in [1.165, 1.54) is 6.20 Å². The fourth-order valence-corrected chi connectivity index (χ4v) is 3.24. The van der Waals surface area contributed by atoms with Gasteiger partial charge in [0.2, 0.25) is 0 Å². The van der Waals surface area contributed by atoms with Crippen LogP contribution in [0, 0.1) is 17.3 Å². The number of hydrogen-bond donors (Lipinski definition) is 2. The molecule has 3 atom stereocenters. The predicted molar refractivity (Wildman–Crippen MR) is 77.9 cm³/mol. The van der Waals surface area contributed by atoms with E-state index in [1.807, 2.05) is 4.98 Å². The van der Waals surface area contributed by atoms with Crippen molar-refractivity contribution in [2.24, 2.45) is 27.5 Å². The van der Waals surface area contributed by atoms with Gasteiger partial charge in [0.25, 0.3) is 5.56 Å². The van der Waals surface area contributed by atoms with Crippen LogP contribution >= 0.6 is 11.6 Å². The van der Waals surface area contributed by atoms with E-state index in [2.05, 4.69) is 15.2 Å². The summed E-state index contributed by atoms with van der Waals surface area (Å²) in [7, 11) is 0. The van der Waals surface area contributed by atoms with E-state index in [9.17, 15) is 22.8 Å². The third kappa shape index (κ3) is 2.73. The highest BCUT2D eigenvalue weighted by Gasteiger charge is 2.63. The number of aromatic amines is 2. The zero-order chi connectivity index (χ0) is 17.0. The number of H-pyrrole nitrogens is 2. The topological polar surface area (TPSA) is 90.4 Å². The van der Waals surface area contributed by atoms with Crippen LogP contribution in [-0.4, -0.2) is 27.0 Å². The van der Waals surface area contributed by atoms with Gasteiger partial charge in [0, 0.05) is 18.0 Å². The summed E-state index contributed by atoms with van der Waals surface area (Å²) in [6, 6.07) is 0. The van der Waals surface area contributed by atoms with Gasteiger partial charge in [-0.25, -0.2) is 4.79 Å². The van der Waals surface area contributed by atoms with Gasteiger partial charge in [-0.1, -0.05) is 18.5 Å². The first-order valence-corrected chi connectivity index (χ1v) is 7.20. The minimum Gasteiger partial charge on any atom is -0.313 e. The summed E-state index contributed by atoms with van der Waals surface area (Å²) in [5.41, 5.74) is -2.14. The molecule has 0 saturated heterocycles. The summed E-state index contributed by atoms with van der Waals surface area (Å²) >= 11 is 6.02. The molecule has 124 valence electrons. The number of nitrogens with one attached hydrogen (secondary N) is 2. The fraction of sp³-hybridized carbons (Fsp3) is 0.538. The molecule has 1 aliphatic carbocycles. The molecule has 10 heteroatoms. The summed E-state index contributed by atoms with van der Waals surface area (Å²) in [4.78, 5) is 27.2. The Bertz CT molecular complexity index is 825. The maximum atomic E-state index is 12.9. The highest BCUT2D eigenvalue weighted by Crippen LogP contribution is 2.60. The van der Waals surface area contributed by atoms with E-state index in [1.54, 1.807) is 6.92 Å². The van der Waals surface area contributed by atoms with Crippen LogP contribution < -0.4 is 11.2 Å². The number of aromatic nitrogens is 2. The Hall–Kier alpha value is -1.90. The Balaban J connectivity index is 1.93. The molecule has 1 fully saturated rings. The van der Waals surface area contributed by atoms with Gasteiger partial charge >= 0.3 is 11.9 Å². The average Bonchev–Trinajstić information content (AvgIpc) is 3.23. The summed E-state index contributed by atoms with van der Waals surface area (Å²) in [6.07, 6.45) is -3.10. The van der Waals surface area contributed by atoms with Crippen LogP contribution in [0.4, 0.5) is 13.2 Å². The molecule has 0 amide bonds. The first kappa shape index (κ1) is 16.0. The maximum absolute atomic E-state index is 12.9. The van der Waals surface area contributed by atoms with Crippen LogP contribution in [0.1, 0.15) is 25.3 Å². The molecule has 1 saturated carbocycles. The van der Waals surface area contributed by atoms with E-state index in [4.69, 9.17) is 11.6 Å². The van der Waals surface area contributed by atoms with E-state index in [0.717, 1.165) is 0 Å². The molecule has 0 radical (unpaired) electrons. The monoisotopic (exact) mass is 348 g/mol. The Labute approximate surface area is 132 Å². The van der Waals surface area contributed by atoms with Gasteiger partial charge in [-0.3, -0.25) is 9.78 Å². The van der Waals surface area contributed by atoms with E-state index >= 15 is 0 Å². The second-order valence-electron chi connectivity index (χ2n) is 6.01. The summed E-state index contributed by atoms with van der Waals surface area (Å²) in [5.74, 6) is -2.13. The SMILES string of the molecule is CC1([C@H]2C[C@@H]2C(F)(F)F)CC(c2c[nH]c(=O)[nH]c2=O)=NN=C1Cl. The van der Waals surface area contributed by atoms with Crippen molar-refractivity contribution < 1.29 is 13.2 Å². The number of alkyl halides is 3. The van der Waals surface area contributed by atoms with Gasteiger partial charge in [0.1, 0.15) is 5.17 Å². The number of rotatable bonds is 2. The van der Waals surface area contributed by atoms with E-state index in [0.29, 0.717) is 0 Å². The zero-order valence-corrected chi connectivity index (χ0v) is 12.6. The van der Waals surface area contributed by atoms with Crippen LogP contribution in [0.25, 0.3) is 0 Å². The van der Waals surface area contributed by atoms with Crippen molar-refractivity contribution in [2.75, 3.05) is 0 Å². The van der Waals surface area contributed by atoms with Crippen LogP contribution in [0.2, 0.25) is 0 Å². The third-order valence-corrected chi connectivity index (χ3v) is 4.93. The molecule has 6 nitrogen and oxygen atoms in total. The molecular formula is C13H12ClF3N4O2. The van der Waals surface area contributed by atoms with Gasteiger partial charge in [0.05, 0.1) is 17.2 Å². The lowest BCUT2D eigenvalue weighted by molar-refractivity contribution is -0.153. The maximum Gasteiger partial charge on any atom is 0.392 e. The van der Waals surface area contributed by atoms with Crippen molar-refractivity contribution in [3.8, 4) is 0 Å². The molecular weight excluding hydrogens is 337 g/mol. The standard InChI is InChI=1S/C13H12ClF3N4O2/c1-12(6-2-7(6)13(15,16)17)3-8(20-21-10(12)14)5-4-18-11(23)19-9(5)22/h4,6-7H,2-3H2,1H3,(H2,18,19,22,23)/t6-,7-,12?/m0/s1. The van der Waals surface area contributed by atoms with Gasteiger partial charge < -0.3 is 4.98 Å². The van der Waals surface area contributed by atoms with Crippen molar-refractivity contribution in [1.29, 1.82) is 0 Å². The van der Waals surface area contributed by atoms with Gasteiger partial charge in [-0.15, -0.1) is 5.10 Å². The molecule has 1 aromatic heterocycles. The average molecular weight is 349 g/mol. The molecule has 0 bridgehead atoms. The summed E-state index contributed by atoms with van der Waals surface area (Å²) in [6.45, 7) is 1.59. The highest BCUT2D eigenvalue weighted by atomic mass is 35.5. The van der Waals surface area contributed by atoms with E-state index in [-0.39, 0.29) is 29.3 Å². The molecule has 2 aliphatic rings. The molecule has 23 heavy (non-hydrogen) atoms. The van der Waals surface area contributed by atoms with Gasteiger partial charge in [-0.2, -0.15) is 18.3 Å². The van der Waals surface area contributed by atoms with Crippen LogP contribution in [0.15, 0.2) is 26.0 Å². The van der Waals surface area contributed by atoms with Crippen LogP contribution in [0.5, 0.6) is 0 Å². The lowest BCUT2D eigenvalue weighted by Crippen LogP contribution is -2.37. The Morgan fingerprint density at radius 1 is 1.35 bits per heavy atom. The smallest absolute Gasteiger partial charge is 0.313 e. The van der Waals surface area contributed by atoms with Crippen molar-refractivity contribution in [3.63, 3.8) is 0 Å². The molecule has 1 aliphatic heterocycles. The first-order chi connectivity index (χ1) is 10.6. The van der Waals surface area contributed by atoms with Crippen molar-refractivity contribution in [2.45, 2.75) is 25.9 Å². The highest BCUT2D eigenvalue weighted by molar-refractivity contribution is 6.67. The van der Waals surface area contributed by atoms with E-state index < -0.39 is 34.7 Å². The number of nitrogens with zero attached hydrogens (tertiary/aromatic N) is 2. The Kier molecular flexibility index (Phi) is 3.51. The second kappa shape index (κ2) is 5.05. The Morgan fingerprint density at radius 3 is 2.61 bits per heavy atom. The number of hydrogen-bond acceptors (Lipinski definition) is 4. The summed E-state index contributed by atoms with van der Waals surface area (Å²) in [5, 5.41) is 7.55. The molecule has 0 spiro atoms. The molecule has 1 unspecified atom stereocenters. The lowest BCUT2D eigenvalue weighted by atomic mass is 9.78. The van der Waals surface area contributed by atoms with Gasteiger partial charge in [0.15, 0.2) is 0 Å². The molecule has 2 N–H and O–H groups in total. The largest absolute Gasteiger partial charge is 0.392 e. The van der Waals surface area contributed by atoms with Crippen molar-refractivity contribution in [3.05, 3.63) is 32.6 Å². The van der Waals surface area contributed by atoms with Crippen LogP contribution in [0.3, 0.4) is 0 Å². The van der Waals surface area contributed by atoms with Gasteiger partial charge in [-0.05, 0) is 12.3 Å². The minimum absolute atomic E-state index is 0.00106. The zero-order valence-electron chi connectivity index (χ0n) is 11.9. The van der Waals surface area contributed by atoms with Crippen LogP contribution in [-0.2, 0) is 0 Å². The third-order valence-electron chi connectivity index (χ3n) is 4.42. The quantitative estimate of drug-likeness (QED) is 0.856. The lowest BCUT2D eigenvalue weighted by Gasteiger charge is -2.31. The minimum atomic E-state index is -4.28. The molecule has 2 heterocycles. The first-order valence-electron chi connectivity index (χ1n) is 6.82. The fourth-order valence-electron chi connectivity index (χ4n) is 2.99. The summed E-state index contributed by atoms with van der Waals surface area (Å²) < 4.78 is 38.6. The molecule has 3 rings (SSSR count). The molecule has 0 aromatic carbocycles. The normalized spacial score (nSPS) is 30.7. The van der Waals surface area contributed by atoms with Crippen molar-refractivity contribution in [1.82, 2.24) is 9.97 Å². The predicted octanol–water partition coefficient (Wildman–Crippen LogP) is 2.01.